The molecule has 0 aliphatic carbocycles. The maximum Gasteiger partial charge on any atom is 0.335 e. The van der Waals surface area contributed by atoms with Gasteiger partial charge in [-0.1, -0.05) is 18.2 Å². The summed E-state index contributed by atoms with van der Waals surface area (Å²) in [5.74, 6) is -2.44. The third-order valence-electron chi connectivity index (χ3n) is 5.66. The molecule has 37 heavy (non-hydrogen) atoms. The first-order chi connectivity index (χ1) is 17.7. The predicted molar refractivity (Wildman–Crippen MR) is 138 cm³/mol. The van der Waals surface area contributed by atoms with Gasteiger partial charge in [0.15, 0.2) is 0 Å². The number of aromatic nitrogens is 2. The lowest BCUT2D eigenvalue weighted by molar-refractivity contribution is -0.114. The number of hydrogen-bond acceptors (Lipinski definition) is 5. The molecule has 0 bridgehead atoms. The summed E-state index contributed by atoms with van der Waals surface area (Å²) in [6.07, 6.45) is 8.25. The van der Waals surface area contributed by atoms with Crippen molar-refractivity contribution in [3.8, 4) is 5.69 Å². The van der Waals surface area contributed by atoms with Crippen molar-refractivity contribution in [3.05, 3.63) is 111 Å². The lowest BCUT2D eigenvalue weighted by Crippen LogP contribution is -2.21. The summed E-state index contributed by atoms with van der Waals surface area (Å²) < 4.78 is 1.33. The highest BCUT2D eigenvalue weighted by molar-refractivity contribution is 6.29. The van der Waals surface area contributed by atoms with Crippen molar-refractivity contribution in [1.29, 1.82) is 0 Å². The summed E-state index contributed by atoms with van der Waals surface area (Å²) in [7, 11) is 0. The normalized spacial score (nSPS) is 14.8. The zero-order valence-electron chi connectivity index (χ0n) is 19.9. The summed E-state index contributed by atoms with van der Waals surface area (Å²) >= 11 is 0. The van der Waals surface area contributed by atoms with E-state index in [1.54, 1.807) is 56.4 Å². The quantitative estimate of drug-likeness (QED) is 0.334. The molecule has 3 N–H and O–H groups in total. The molecule has 2 aromatic carbocycles. The number of benzene rings is 2. The smallest absolute Gasteiger partial charge is 0.335 e. The van der Waals surface area contributed by atoms with Crippen molar-refractivity contribution in [2.45, 2.75) is 13.8 Å². The number of H-pyrrole nitrogens is 1. The second-order valence-corrected chi connectivity index (χ2v) is 8.12. The number of carboxylic acid groups (broad SMARTS) is 2. The Morgan fingerprint density at radius 1 is 0.838 bits per heavy atom. The number of rotatable bonds is 7. The molecule has 0 atom stereocenters. The average molecular weight is 498 g/mol. The van der Waals surface area contributed by atoms with Crippen LogP contribution in [0.5, 0.6) is 0 Å². The van der Waals surface area contributed by atoms with Gasteiger partial charge in [0.25, 0.3) is 11.5 Å². The van der Waals surface area contributed by atoms with Crippen LogP contribution in [0, 0.1) is 6.92 Å². The number of anilines is 1. The van der Waals surface area contributed by atoms with E-state index in [0.29, 0.717) is 33.9 Å². The highest BCUT2D eigenvalue weighted by Gasteiger charge is 2.28. The second-order valence-electron chi connectivity index (χ2n) is 8.12. The summed E-state index contributed by atoms with van der Waals surface area (Å²) in [5.41, 5.74) is 2.88. The molecule has 4 rings (SSSR count). The van der Waals surface area contributed by atoms with Crippen LogP contribution in [0.1, 0.15) is 38.9 Å². The van der Waals surface area contributed by atoms with Gasteiger partial charge in [0, 0.05) is 5.69 Å². The van der Waals surface area contributed by atoms with E-state index in [2.05, 4.69) is 10.2 Å². The number of hydrazone groups is 1. The van der Waals surface area contributed by atoms with Gasteiger partial charge in [0.05, 0.1) is 39.3 Å². The van der Waals surface area contributed by atoms with Crippen LogP contribution < -0.4 is 10.6 Å². The van der Waals surface area contributed by atoms with Crippen LogP contribution in [0.4, 0.5) is 5.69 Å². The summed E-state index contributed by atoms with van der Waals surface area (Å²) in [6.45, 7) is 3.46. The van der Waals surface area contributed by atoms with E-state index in [4.69, 9.17) is 10.2 Å². The largest absolute Gasteiger partial charge is 0.478 e. The van der Waals surface area contributed by atoms with Crippen LogP contribution in [-0.2, 0) is 4.79 Å². The number of aromatic amines is 1. The topological polar surface area (TPSA) is 145 Å². The number of hydrogen-bond donors (Lipinski definition) is 3. The Kier molecular flexibility index (Phi) is 6.83. The first-order valence-corrected chi connectivity index (χ1v) is 11.1. The van der Waals surface area contributed by atoms with Crippen molar-refractivity contribution in [2.75, 3.05) is 5.01 Å². The number of amides is 1. The first kappa shape index (κ1) is 24.9. The third kappa shape index (κ3) is 5.08. The lowest BCUT2D eigenvalue weighted by Gasteiger charge is -2.11. The Hall–Kier alpha value is -5.25. The molecule has 0 spiro atoms. The van der Waals surface area contributed by atoms with Gasteiger partial charge in [0.2, 0.25) is 0 Å². The van der Waals surface area contributed by atoms with Gasteiger partial charge in [0.1, 0.15) is 0 Å². The third-order valence-corrected chi connectivity index (χ3v) is 5.66. The monoisotopic (exact) mass is 498 g/mol. The van der Waals surface area contributed by atoms with E-state index >= 15 is 0 Å². The lowest BCUT2D eigenvalue weighted by atomic mass is 10.1. The Bertz CT molecular complexity index is 1570. The van der Waals surface area contributed by atoms with Gasteiger partial charge < -0.3 is 10.2 Å². The highest BCUT2D eigenvalue weighted by Crippen LogP contribution is 2.24. The SMILES string of the molecule is CC1=NN(c2ccc(C(=O)O)cc2)C(=O)/C1=C/C=C/C=C/c1c(C)[nH]n(-c2ccc(C(=O)O)cc2)c1=O. The average Bonchev–Trinajstić information content (AvgIpc) is 3.33. The molecule has 1 aliphatic rings. The number of carbonyl (C=O) groups excluding carboxylic acids is 1. The number of aryl methyl sites for hydroxylation is 1. The maximum atomic E-state index is 12.8. The van der Waals surface area contributed by atoms with Crippen LogP contribution in [-0.4, -0.2) is 43.6 Å². The summed E-state index contributed by atoms with van der Waals surface area (Å²) in [6, 6.07) is 11.8. The Morgan fingerprint density at radius 3 is 1.97 bits per heavy atom. The summed E-state index contributed by atoms with van der Waals surface area (Å²) in [4.78, 5) is 47.7. The molecule has 1 aromatic heterocycles. The molecule has 1 aliphatic heterocycles. The molecule has 186 valence electrons. The molecule has 0 radical (unpaired) electrons. The van der Waals surface area contributed by atoms with E-state index in [1.165, 1.54) is 46.1 Å². The fraction of sp³-hybridized carbons (Fsp3) is 0.0741. The number of carbonyl (C=O) groups is 3. The second kappa shape index (κ2) is 10.2. The van der Waals surface area contributed by atoms with Crippen LogP contribution in [0.3, 0.4) is 0 Å². The number of nitrogens with one attached hydrogen (secondary N) is 1. The maximum absolute atomic E-state index is 12.8. The summed E-state index contributed by atoms with van der Waals surface area (Å²) in [5, 5.41) is 26.5. The van der Waals surface area contributed by atoms with Gasteiger partial charge >= 0.3 is 11.9 Å². The number of carboxylic acids is 2. The van der Waals surface area contributed by atoms with Gasteiger partial charge in [-0.2, -0.15) is 10.1 Å². The predicted octanol–water partition coefficient (Wildman–Crippen LogP) is 3.79. The van der Waals surface area contributed by atoms with E-state index in [-0.39, 0.29) is 22.6 Å². The van der Waals surface area contributed by atoms with Crippen molar-refractivity contribution < 1.29 is 24.6 Å². The molecule has 1 amide bonds. The first-order valence-electron chi connectivity index (χ1n) is 11.1. The molecular formula is C27H22N4O6. The highest BCUT2D eigenvalue weighted by atomic mass is 16.4. The van der Waals surface area contributed by atoms with Crippen LogP contribution in [0.15, 0.2) is 88.3 Å². The molecule has 0 unspecified atom stereocenters. The molecule has 0 saturated carbocycles. The van der Waals surface area contributed by atoms with Crippen molar-refractivity contribution in [2.24, 2.45) is 5.10 Å². The van der Waals surface area contributed by atoms with Gasteiger partial charge in [-0.25, -0.2) is 14.3 Å². The van der Waals surface area contributed by atoms with Crippen LogP contribution >= 0.6 is 0 Å². The molecular weight excluding hydrogens is 476 g/mol. The Balaban J connectivity index is 1.47. The zero-order valence-corrected chi connectivity index (χ0v) is 19.9. The van der Waals surface area contributed by atoms with Gasteiger partial charge in [-0.3, -0.25) is 14.7 Å². The van der Waals surface area contributed by atoms with Crippen molar-refractivity contribution in [1.82, 2.24) is 9.78 Å². The van der Waals surface area contributed by atoms with E-state index in [0.717, 1.165) is 0 Å². The minimum absolute atomic E-state index is 0.113. The standard InChI is InChI=1S/C27H22N4O6/c1-16-22(24(32)30(28-16)20-12-8-18(9-13-20)26(34)35)6-4-3-5-7-23-17(2)29-31(25(23)33)21-14-10-19(11-15-21)27(36)37/h3-15,28H,1-2H3,(H,34,35)(H,36,37)/b5-3+,6-4+,23-7+. The minimum atomic E-state index is -1.05. The minimum Gasteiger partial charge on any atom is -0.478 e. The fourth-order valence-electron chi connectivity index (χ4n) is 3.69. The number of allylic oxidation sites excluding steroid dienone is 4. The van der Waals surface area contributed by atoms with Gasteiger partial charge in [-0.15, -0.1) is 0 Å². The zero-order chi connectivity index (χ0) is 26.7. The molecule has 0 saturated heterocycles. The molecule has 0 fully saturated rings. The Morgan fingerprint density at radius 2 is 1.41 bits per heavy atom. The Labute approximate surface area is 210 Å². The van der Waals surface area contributed by atoms with Crippen molar-refractivity contribution in [3.63, 3.8) is 0 Å². The van der Waals surface area contributed by atoms with Crippen LogP contribution in [0.25, 0.3) is 11.8 Å². The van der Waals surface area contributed by atoms with Crippen LogP contribution in [0.2, 0.25) is 0 Å². The van der Waals surface area contributed by atoms with Gasteiger partial charge in [-0.05, 0) is 74.5 Å². The van der Waals surface area contributed by atoms with E-state index in [1.807, 2.05) is 0 Å². The fourth-order valence-corrected chi connectivity index (χ4v) is 3.69. The van der Waals surface area contributed by atoms with E-state index in [9.17, 15) is 19.2 Å². The number of aromatic carboxylic acids is 2. The molecule has 2 heterocycles. The molecule has 10 nitrogen and oxygen atoms in total. The molecule has 10 heteroatoms. The van der Waals surface area contributed by atoms with Crippen molar-refractivity contribution >= 4 is 35.3 Å². The number of nitrogens with zero attached hydrogens (tertiary/aromatic N) is 3. The molecule has 3 aromatic rings. The van der Waals surface area contributed by atoms with E-state index < -0.39 is 11.9 Å².